The fourth-order valence-corrected chi connectivity index (χ4v) is 2.31. The van der Waals surface area contributed by atoms with Gasteiger partial charge in [0.25, 0.3) is 0 Å². The molecule has 1 aromatic carbocycles. The van der Waals surface area contributed by atoms with Gasteiger partial charge in [-0.05, 0) is 0 Å². The minimum Gasteiger partial charge on any atom is -0.501 e. The molecule has 0 saturated carbocycles. The third kappa shape index (κ3) is 1.84. The van der Waals surface area contributed by atoms with Crippen LogP contribution in [-0.2, 0) is 0 Å². The second kappa shape index (κ2) is 5.47. The molecule has 0 unspecified atom stereocenters. The van der Waals surface area contributed by atoms with Crippen molar-refractivity contribution < 1.29 is 38.7 Å². The molecule has 8 nitrogen and oxygen atoms in total. The maximum atomic E-state index is 12.2. The fraction of sp³-hybridized carbons (Fsp3) is 0.286. The van der Waals surface area contributed by atoms with Crippen LogP contribution >= 0.6 is 0 Å². The van der Waals surface area contributed by atoms with Gasteiger partial charge in [-0.25, -0.2) is 0 Å². The van der Waals surface area contributed by atoms with E-state index in [9.17, 15) is 19.8 Å². The van der Waals surface area contributed by atoms with Gasteiger partial charge in [-0.3, -0.25) is 9.59 Å². The molecule has 1 aliphatic carbocycles. The van der Waals surface area contributed by atoms with E-state index in [0.717, 1.165) is 0 Å². The molecule has 22 heavy (non-hydrogen) atoms. The predicted molar refractivity (Wildman–Crippen MR) is 73.6 cm³/mol. The maximum Gasteiger partial charge on any atom is 0.236 e. The first-order valence-electron chi connectivity index (χ1n) is 6.05. The number of carbonyl (C=O) groups is 2. The van der Waals surface area contributed by atoms with E-state index in [1.807, 2.05) is 0 Å². The highest BCUT2D eigenvalue weighted by Gasteiger charge is 2.41. The Morgan fingerprint density at radius 1 is 0.591 bits per heavy atom. The van der Waals surface area contributed by atoms with E-state index in [2.05, 4.69) is 0 Å². The Labute approximate surface area is 125 Å². The standard InChI is InChI=1S/C14H14O8/c1-19-11-5-6(8(16)10(18)9(17)7(5)15)12(20-2)14(22-4)13(11)21-3/h17-18H,1-4H3. The second-order valence-corrected chi connectivity index (χ2v) is 4.24. The molecule has 0 atom stereocenters. The molecule has 0 heterocycles. The minimum atomic E-state index is -1.06. The van der Waals surface area contributed by atoms with Crippen molar-refractivity contribution in [3.05, 3.63) is 22.6 Å². The first kappa shape index (κ1) is 15.5. The molecule has 0 saturated heterocycles. The Hall–Kier alpha value is -2.90. The van der Waals surface area contributed by atoms with Crippen molar-refractivity contribution in [3.8, 4) is 23.0 Å². The zero-order valence-electron chi connectivity index (χ0n) is 12.3. The van der Waals surface area contributed by atoms with Crippen molar-refractivity contribution in [2.45, 2.75) is 0 Å². The molecule has 0 aliphatic heterocycles. The van der Waals surface area contributed by atoms with E-state index in [0.29, 0.717) is 0 Å². The predicted octanol–water partition coefficient (Wildman–Crippen LogP) is 1.43. The summed E-state index contributed by atoms with van der Waals surface area (Å²) in [5.74, 6) is -4.26. The highest BCUT2D eigenvalue weighted by molar-refractivity contribution is 6.27. The number of ketones is 2. The lowest BCUT2D eigenvalue weighted by molar-refractivity contribution is 0.0874. The first-order chi connectivity index (χ1) is 10.4. The van der Waals surface area contributed by atoms with Crippen LogP contribution in [0.1, 0.15) is 20.7 Å². The summed E-state index contributed by atoms with van der Waals surface area (Å²) in [7, 11) is 5.15. The molecular formula is C14H14O8. The quantitative estimate of drug-likeness (QED) is 0.859. The van der Waals surface area contributed by atoms with Crippen molar-refractivity contribution in [3.63, 3.8) is 0 Å². The third-order valence-corrected chi connectivity index (χ3v) is 3.25. The Morgan fingerprint density at radius 3 is 1.09 bits per heavy atom. The molecule has 118 valence electrons. The second-order valence-electron chi connectivity index (χ2n) is 4.24. The van der Waals surface area contributed by atoms with E-state index in [1.165, 1.54) is 28.4 Å². The van der Waals surface area contributed by atoms with Gasteiger partial charge in [0.05, 0.1) is 39.6 Å². The molecule has 0 aromatic heterocycles. The van der Waals surface area contributed by atoms with Crippen LogP contribution in [0.2, 0.25) is 0 Å². The SMILES string of the molecule is COc1c(OC)c(OC)c2c(c1OC)C(=O)C(O)=C(O)C2=O. The van der Waals surface area contributed by atoms with Crippen LogP contribution in [0.3, 0.4) is 0 Å². The fourth-order valence-electron chi connectivity index (χ4n) is 2.31. The van der Waals surface area contributed by atoms with Gasteiger partial charge in [-0.15, -0.1) is 0 Å². The van der Waals surface area contributed by atoms with Crippen molar-refractivity contribution in [1.82, 2.24) is 0 Å². The van der Waals surface area contributed by atoms with Crippen LogP contribution in [0.15, 0.2) is 11.5 Å². The van der Waals surface area contributed by atoms with Gasteiger partial charge in [0, 0.05) is 0 Å². The summed E-state index contributed by atoms with van der Waals surface area (Å²) < 4.78 is 20.6. The van der Waals surface area contributed by atoms with Gasteiger partial charge in [-0.2, -0.15) is 0 Å². The highest BCUT2D eigenvalue weighted by atomic mass is 16.5. The summed E-state index contributed by atoms with van der Waals surface area (Å²) in [5.41, 5.74) is -0.533. The zero-order chi connectivity index (χ0) is 16.6. The molecular weight excluding hydrogens is 296 g/mol. The lowest BCUT2D eigenvalue weighted by Crippen LogP contribution is -2.24. The van der Waals surface area contributed by atoms with Crippen LogP contribution in [0.25, 0.3) is 0 Å². The number of hydrogen-bond acceptors (Lipinski definition) is 8. The number of methoxy groups -OCH3 is 4. The van der Waals surface area contributed by atoms with E-state index in [4.69, 9.17) is 18.9 Å². The van der Waals surface area contributed by atoms with E-state index < -0.39 is 23.1 Å². The third-order valence-electron chi connectivity index (χ3n) is 3.25. The number of ether oxygens (including phenoxy) is 4. The smallest absolute Gasteiger partial charge is 0.236 e. The number of carbonyl (C=O) groups excluding carboxylic acids is 2. The summed E-state index contributed by atoms with van der Waals surface area (Å²) in [6.07, 6.45) is 0. The van der Waals surface area contributed by atoms with E-state index >= 15 is 0 Å². The van der Waals surface area contributed by atoms with E-state index in [1.54, 1.807) is 0 Å². The van der Waals surface area contributed by atoms with Gasteiger partial charge in [0.15, 0.2) is 11.5 Å². The number of benzene rings is 1. The van der Waals surface area contributed by atoms with Crippen LogP contribution in [0.5, 0.6) is 23.0 Å². The van der Waals surface area contributed by atoms with Gasteiger partial charge in [-0.1, -0.05) is 0 Å². The number of rotatable bonds is 4. The summed E-state index contributed by atoms with van der Waals surface area (Å²) in [6, 6.07) is 0. The molecule has 0 spiro atoms. The molecule has 1 aromatic rings. The zero-order valence-corrected chi connectivity index (χ0v) is 12.3. The largest absolute Gasteiger partial charge is 0.501 e. The lowest BCUT2D eigenvalue weighted by Gasteiger charge is -2.23. The number of fused-ring (bicyclic) bond motifs is 1. The van der Waals surface area contributed by atoms with Crippen LogP contribution in [0.4, 0.5) is 0 Å². The Balaban J connectivity index is 3.01. The molecule has 0 bridgehead atoms. The molecule has 0 radical (unpaired) electrons. The first-order valence-corrected chi connectivity index (χ1v) is 6.05. The van der Waals surface area contributed by atoms with E-state index in [-0.39, 0.29) is 34.1 Å². The average molecular weight is 310 g/mol. The molecule has 8 heteroatoms. The van der Waals surface area contributed by atoms with Crippen LogP contribution in [-0.4, -0.2) is 50.2 Å². The number of allylic oxidation sites excluding steroid dienone is 2. The topological polar surface area (TPSA) is 112 Å². The normalized spacial score (nSPS) is 13.8. The molecule has 1 aliphatic rings. The Bertz CT molecular complexity index is 643. The average Bonchev–Trinajstić information content (AvgIpc) is 2.54. The van der Waals surface area contributed by atoms with Gasteiger partial charge < -0.3 is 29.2 Å². The number of hydrogen-bond donors (Lipinski definition) is 2. The van der Waals surface area contributed by atoms with Crippen molar-refractivity contribution in [2.75, 3.05) is 28.4 Å². The van der Waals surface area contributed by atoms with Crippen molar-refractivity contribution >= 4 is 11.6 Å². The highest BCUT2D eigenvalue weighted by Crippen LogP contribution is 2.51. The van der Waals surface area contributed by atoms with Gasteiger partial charge in [0.1, 0.15) is 0 Å². The van der Waals surface area contributed by atoms with Crippen molar-refractivity contribution in [2.24, 2.45) is 0 Å². The maximum absolute atomic E-state index is 12.2. The molecule has 0 amide bonds. The summed E-state index contributed by atoms with van der Waals surface area (Å²) in [5, 5.41) is 19.3. The molecule has 0 fully saturated rings. The summed E-state index contributed by atoms with van der Waals surface area (Å²) >= 11 is 0. The van der Waals surface area contributed by atoms with Crippen LogP contribution in [0, 0.1) is 0 Å². The number of aliphatic hydroxyl groups excluding tert-OH is 2. The monoisotopic (exact) mass is 310 g/mol. The summed E-state index contributed by atoms with van der Waals surface area (Å²) in [4.78, 5) is 24.5. The van der Waals surface area contributed by atoms with Gasteiger partial charge >= 0.3 is 0 Å². The van der Waals surface area contributed by atoms with Crippen molar-refractivity contribution in [1.29, 1.82) is 0 Å². The lowest BCUT2D eigenvalue weighted by atomic mass is 9.89. The Kier molecular flexibility index (Phi) is 3.85. The molecule has 2 N–H and O–H groups in total. The Morgan fingerprint density at radius 2 is 0.864 bits per heavy atom. The van der Waals surface area contributed by atoms with Gasteiger partial charge in [0.2, 0.25) is 34.6 Å². The number of aliphatic hydroxyl groups is 2. The minimum absolute atomic E-state index is 0.0240. The number of Topliss-reactive ketones (excluding diaryl/α,β-unsaturated/α-hetero) is 2. The molecule has 2 rings (SSSR count). The summed E-state index contributed by atoms with van der Waals surface area (Å²) in [6.45, 7) is 0. The van der Waals surface area contributed by atoms with Crippen LogP contribution < -0.4 is 18.9 Å².